The molecule has 6 heteroatoms. The topological polar surface area (TPSA) is 72.2 Å². The Morgan fingerprint density at radius 3 is 2.26 bits per heavy atom. The van der Waals surface area contributed by atoms with E-state index in [-0.39, 0.29) is 12.4 Å². The summed E-state index contributed by atoms with van der Waals surface area (Å²) in [5, 5.41) is 0. The molecule has 0 amide bonds. The Labute approximate surface area is 121 Å². The molecule has 1 unspecified atom stereocenters. The maximum absolute atomic E-state index is 12.3. The van der Waals surface area contributed by atoms with Crippen LogP contribution in [0.5, 0.6) is 0 Å². The van der Waals surface area contributed by atoms with Crippen LogP contribution in [-0.4, -0.2) is 20.5 Å². The van der Waals surface area contributed by atoms with Crippen LogP contribution in [0.4, 0.5) is 0 Å². The van der Waals surface area contributed by atoms with Gasteiger partial charge in [-0.15, -0.1) is 12.4 Å². The Hall–Kier alpha value is -0.620. The van der Waals surface area contributed by atoms with Crippen molar-refractivity contribution in [2.75, 3.05) is 6.54 Å². The van der Waals surface area contributed by atoms with Crippen LogP contribution in [0.1, 0.15) is 25.3 Å². The lowest BCUT2D eigenvalue weighted by Crippen LogP contribution is -2.52. The summed E-state index contributed by atoms with van der Waals surface area (Å²) in [5.74, 6) is 0.364. The van der Waals surface area contributed by atoms with Gasteiger partial charge in [-0.25, -0.2) is 13.1 Å². The lowest BCUT2D eigenvalue weighted by molar-refractivity contribution is 0.374. The van der Waals surface area contributed by atoms with Crippen LogP contribution in [0.25, 0.3) is 0 Å². The number of halogens is 1. The molecule has 0 bridgehead atoms. The van der Waals surface area contributed by atoms with Crippen LogP contribution in [0.2, 0.25) is 0 Å². The van der Waals surface area contributed by atoms with Crippen LogP contribution in [0.15, 0.2) is 29.2 Å². The number of aryl methyl sites for hydroxylation is 1. The first-order chi connectivity index (χ1) is 8.37. The average Bonchev–Trinajstić information content (AvgIpc) is 3.13. The van der Waals surface area contributed by atoms with Crippen molar-refractivity contribution < 1.29 is 8.42 Å². The van der Waals surface area contributed by atoms with E-state index >= 15 is 0 Å². The fourth-order valence-corrected chi connectivity index (χ4v) is 3.57. The largest absolute Gasteiger partial charge is 0.329 e. The van der Waals surface area contributed by atoms with E-state index in [0.29, 0.717) is 17.4 Å². The summed E-state index contributed by atoms with van der Waals surface area (Å²) in [4.78, 5) is 0.299. The predicted octanol–water partition coefficient (Wildman–Crippen LogP) is 1.82. The van der Waals surface area contributed by atoms with Gasteiger partial charge in [0.05, 0.1) is 4.90 Å². The summed E-state index contributed by atoms with van der Waals surface area (Å²) >= 11 is 0. The Bertz CT molecular complexity index is 526. The van der Waals surface area contributed by atoms with Gasteiger partial charge in [0.15, 0.2) is 0 Å². The van der Waals surface area contributed by atoms with Gasteiger partial charge in [0.1, 0.15) is 0 Å². The third kappa shape index (κ3) is 3.69. The molecule has 3 N–H and O–H groups in total. The lowest BCUT2D eigenvalue weighted by Gasteiger charge is -2.29. The van der Waals surface area contributed by atoms with Gasteiger partial charge in [0.2, 0.25) is 10.0 Å². The van der Waals surface area contributed by atoms with Crippen molar-refractivity contribution in [2.45, 2.75) is 37.1 Å². The number of hydrogen-bond donors (Lipinski definition) is 2. The van der Waals surface area contributed by atoms with E-state index in [1.807, 2.05) is 13.8 Å². The smallest absolute Gasteiger partial charge is 0.241 e. The normalized spacial score (nSPS) is 18.5. The molecule has 0 heterocycles. The molecule has 1 aliphatic rings. The lowest BCUT2D eigenvalue weighted by atomic mass is 9.98. The molecule has 0 spiro atoms. The SMILES string of the molecule is Cc1ccc(S(=O)(=O)NC(C)(CN)C2CC2)cc1.Cl. The zero-order valence-electron chi connectivity index (χ0n) is 11.2. The molecule has 1 aromatic rings. The summed E-state index contributed by atoms with van der Waals surface area (Å²) in [6, 6.07) is 6.85. The van der Waals surface area contributed by atoms with Crippen molar-refractivity contribution in [3.8, 4) is 0 Å². The summed E-state index contributed by atoms with van der Waals surface area (Å²) in [6.45, 7) is 4.14. The van der Waals surface area contributed by atoms with E-state index in [4.69, 9.17) is 5.73 Å². The fraction of sp³-hybridized carbons (Fsp3) is 0.538. The van der Waals surface area contributed by atoms with Gasteiger partial charge in [0, 0.05) is 12.1 Å². The minimum absolute atomic E-state index is 0. The Kier molecular flexibility index (Phi) is 5.01. The highest BCUT2D eigenvalue weighted by Crippen LogP contribution is 2.39. The average molecular weight is 305 g/mol. The van der Waals surface area contributed by atoms with Gasteiger partial charge >= 0.3 is 0 Å². The van der Waals surface area contributed by atoms with Crippen LogP contribution in [-0.2, 0) is 10.0 Å². The van der Waals surface area contributed by atoms with Crippen molar-refractivity contribution in [1.82, 2.24) is 4.72 Å². The molecule has 0 saturated heterocycles. The molecule has 0 aromatic heterocycles. The minimum Gasteiger partial charge on any atom is -0.329 e. The molecule has 0 radical (unpaired) electrons. The molecular formula is C13H21ClN2O2S. The molecule has 1 fully saturated rings. The van der Waals surface area contributed by atoms with E-state index in [0.717, 1.165) is 18.4 Å². The van der Waals surface area contributed by atoms with Crippen molar-refractivity contribution in [2.24, 2.45) is 11.7 Å². The molecule has 0 aliphatic heterocycles. The van der Waals surface area contributed by atoms with E-state index < -0.39 is 15.6 Å². The van der Waals surface area contributed by atoms with Crippen LogP contribution >= 0.6 is 12.4 Å². The molecule has 1 atom stereocenters. The molecular weight excluding hydrogens is 284 g/mol. The van der Waals surface area contributed by atoms with Crippen LogP contribution in [0.3, 0.4) is 0 Å². The number of rotatable bonds is 5. The van der Waals surface area contributed by atoms with E-state index in [2.05, 4.69) is 4.72 Å². The second-order valence-electron chi connectivity index (χ2n) is 5.31. The first kappa shape index (κ1) is 16.4. The number of nitrogens with one attached hydrogen (secondary N) is 1. The molecule has 1 saturated carbocycles. The van der Waals surface area contributed by atoms with Gasteiger partial charge < -0.3 is 5.73 Å². The van der Waals surface area contributed by atoms with E-state index in [1.54, 1.807) is 24.3 Å². The van der Waals surface area contributed by atoms with Gasteiger partial charge in [-0.05, 0) is 44.7 Å². The first-order valence-electron chi connectivity index (χ1n) is 6.18. The van der Waals surface area contributed by atoms with Gasteiger partial charge in [-0.3, -0.25) is 0 Å². The molecule has 1 aromatic carbocycles. The molecule has 2 rings (SSSR count). The molecule has 1 aliphatic carbocycles. The second-order valence-corrected chi connectivity index (χ2v) is 7.00. The van der Waals surface area contributed by atoms with Crippen LogP contribution < -0.4 is 10.5 Å². The Balaban J connectivity index is 0.00000180. The van der Waals surface area contributed by atoms with Gasteiger partial charge in [-0.2, -0.15) is 0 Å². The highest BCUT2D eigenvalue weighted by atomic mass is 35.5. The van der Waals surface area contributed by atoms with E-state index in [9.17, 15) is 8.42 Å². The monoisotopic (exact) mass is 304 g/mol. The summed E-state index contributed by atoms with van der Waals surface area (Å²) in [7, 11) is -3.48. The van der Waals surface area contributed by atoms with E-state index in [1.165, 1.54) is 0 Å². The Morgan fingerprint density at radius 1 is 1.32 bits per heavy atom. The standard InChI is InChI=1S/C13H20N2O2S.ClH/c1-10-3-7-12(8-4-10)18(16,17)15-13(2,9-14)11-5-6-11;/h3-4,7-8,11,15H,5-6,9,14H2,1-2H3;1H. The highest BCUT2D eigenvalue weighted by Gasteiger charge is 2.43. The molecule has 19 heavy (non-hydrogen) atoms. The Morgan fingerprint density at radius 2 is 1.84 bits per heavy atom. The van der Waals surface area contributed by atoms with Gasteiger partial charge in [0.25, 0.3) is 0 Å². The van der Waals surface area contributed by atoms with Crippen LogP contribution in [0, 0.1) is 12.8 Å². The highest BCUT2D eigenvalue weighted by molar-refractivity contribution is 7.89. The number of sulfonamides is 1. The maximum Gasteiger partial charge on any atom is 0.241 e. The zero-order valence-corrected chi connectivity index (χ0v) is 12.9. The zero-order chi connectivity index (χ0) is 13.4. The fourth-order valence-electron chi connectivity index (χ4n) is 2.10. The third-order valence-electron chi connectivity index (χ3n) is 3.60. The number of hydrogen-bond acceptors (Lipinski definition) is 3. The number of nitrogens with two attached hydrogens (primary N) is 1. The minimum atomic E-state index is -3.48. The maximum atomic E-state index is 12.3. The van der Waals surface area contributed by atoms with Crippen molar-refractivity contribution in [3.63, 3.8) is 0 Å². The molecule has 108 valence electrons. The van der Waals surface area contributed by atoms with Crippen molar-refractivity contribution >= 4 is 22.4 Å². The third-order valence-corrected chi connectivity index (χ3v) is 5.23. The quantitative estimate of drug-likeness (QED) is 0.871. The summed E-state index contributed by atoms with van der Waals surface area (Å²) in [6.07, 6.45) is 2.09. The van der Waals surface area contributed by atoms with Crippen molar-refractivity contribution in [3.05, 3.63) is 29.8 Å². The predicted molar refractivity (Wildman–Crippen MR) is 78.9 cm³/mol. The summed E-state index contributed by atoms with van der Waals surface area (Å²) < 4.78 is 27.3. The molecule has 4 nitrogen and oxygen atoms in total. The number of benzene rings is 1. The van der Waals surface area contributed by atoms with Crippen molar-refractivity contribution in [1.29, 1.82) is 0 Å². The first-order valence-corrected chi connectivity index (χ1v) is 7.66. The van der Waals surface area contributed by atoms with Gasteiger partial charge in [-0.1, -0.05) is 17.7 Å². The summed E-state index contributed by atoms with van der Waals surface area (Å²) in [5.41, 5.74) is 6.25. The second kappa shape index (κ2) is 5.79.